The van der Waals surface area contributed by atoms with Crippen molar-refractivity contribution >= 4 is 37.5 Å². The summed E-state index contributed by atoms with van der Waals surface area (Å²) in [4.78, 5) is 20.6. The summed E-state index contributed by atoms with van der Waals surface area (Å²) in [6.45, 7) is 2.83. The van der Waals surface area contributed by atoms with Crippen LogP contribution in [0.25, 0.3) is 0 Å². The number of piperazine rings is 1. The molecule has 27 heavy (non-hydrogen) atoms. The fraction of sp³-hybridized carbons (Fsp3) is 0.333. The second kappa shape index (κ2) is 8.81. The Hall–Kier alpha value is -1.97. The summed E-state index contributed by atoms with van der Waals surface area (Å²) in [5, 5.41) is 0. The SMILES string of the molecule is O=C(CCNS(=O)(=O)c1cccc(Br)c1)N1CCN(c2ccncc2)CC1. The van der Waals surface area contributed by atoms with Gasteiger partial charge in [-0.2, -0.15) is 0 Å². The van der Waals surface area contributed by atoms with Gasteiger partial charge in [-0.05, 0) is 30.3 Å². The van der Waals surface area contributed by atoms with Gasteiger partial charge in [0.1, 0.15) is 0 Å². The fourth-order valence-electron chi connectivity index (χ4n) is 2.94. The predicted molar refractivity (Wildman–Crippen MR) is 107 cm³/mol. The van der Waals surface area contributed by atoms with Gasteiger partial charge in [-0.15, -0.1) is 0 Å². The zero-order valence-electron chi connectivity index (χ0n) is 14.7. The van der Waals surface area contributed by atoms with Crippen molar-refractivity contribution in [2.45, 2.75) is 11.3 Å². The van der Waals surface area contributed by atoms with Crippen LogP contribution < -0.4 is 9.62 Å². The topological polar surface area (TPSA) is 82.6 Å². The average molecular weight is 453 g/mol. The van der Waals surface area contributed by atoms with Crippen LogP contribution in [0, 0.1) is 0 Å². The highest BCUT2D eigenvalue weighted by atomic mass is 79.9. The molecule has 2 aromatic rings. The number of carbonyl (C=O) groups excluding carboxylic acids is 1. The van der Waals surface area contributed by atoms with Crippen LogP contribution in [0.2, 0.25) is 0 Å². The Bertz CT molecular complexity index is 884. The number of rotatable bonds is 6. The Balaban J connectivity index is 1.46. The third-order valence-electron chi connectivity index (χ3n) is 4.40. The second-order valence-corrected chi connectivity index (χ2v) is 8.86. The van der Waals surface area contributed by atoms with Gasteiger partial charge >= 0.3 is 0 Å². The number of nitrogens with zero attached hydrogens (tertiary/aromatic N) is 3. The Morgan fingerprint density at radius 1 is 1.11 bits per heavy atom. The lowest BCUT2D eigenvalue weighted by atomic mass is 10.2. The Labute approximate surface area is 167 Å². The third kappa shape index (κ3) is 5.27. The smallest absolute Gasteiger partial charge is 0.240 e. The fourth-order valence-corrected chi connectivity index (χ4v) is 4.56. The van der Waals surface area contributed by atoms with Crippen molar-refractivity contribution in [3.8, 4) is 0 Å². The Morgan fingerprint density at radius 2 is 1.81 bits per heavy atom. The summed E-state index contributed by atoms with van der Waals surface area (Å²) >= 11 is 3.26. The van der Waals surface area contributed by atoms with E-state index in [-0.39, 0.29) is 23.8 Å². The molecule has 144 valence electrons. The van der Waals surface area contributed by atoms with E-state index in [0.717, 1.165) is 18.8 Å². The molecule has 1 aliphatic rings. The van der Waals surface area contributed by atoms with Crippen LogP contribution in [-0.2, 0) is 14.8 Å². The van der Waals surface area contributed by atoms with Gasteiger partial charge in [-0.25, -0.2) is 13.1 Å². The average Bonchev–Trinajstić information content (AvgIpc) is 2.68. The molecule has 0 saturated carbocycles. The number of amides is 1. The second-order valence-electron chi connectivity index (χ2n) is 6.18. The minimum atomic E-state index is -3.62. The molecule has 9 heteroatoms. The maximum Gasteiger partial charge on any atom is 0.240 e. The molecular formula is C18H21BrN4O3S. The minimum Gasteiger partial charge on any atom is -0.368 e. The van der Waals surface area contributed by atoms with Crippen molar-refractivity contribution in [3.05, 3.63) is 53.3 Å². The summed E-state index contributed by atoms with van der Waals surface area (Å²) in [5.41, 5.74) is 1.10. The van der Waals surface area contributed by atoms with Gasteiger partial charge in [-0.3, -0.25) is 9.78 Å². The van der Waals surface area contributed by atoms with E-state index in [4.69, 9.17) is 0 Å². The number of nitrogens with one attached hydrogen (secondary N) is 1. The first-order valence-electron chi connectivity index (χ1n) is 8.64. The van der Waals surface area contributed by atoms with Gasteiger partial charge in [0.2, 0.25) is 15.9 Å². The monoisotopic (exact) mass is 452 g/mol. The van der Waals surface area contributed by atoms with Crippen LogP contribution in [0.4, 0.5) is 5.69 Å². The van der Waals surface area contributed by atoms with E-state index in [2.05, 4.69) is 30.5 Å². The van der Waals surface area contributed by atoms with Crippen LogP contribution in [-0.4, -0.2) is 56.9 Å². The molecule has 2 heterocycles. The largest absolute Gasteiger partial charge is 0.368 e. The molecule has 1 amide bonds. The molecule has 1 aromatic carbocycles. The highest BCUT2D eigenvalue weighted by Crippen LogP contribution is 2.17. The molecule has 0 radical (unpaired) electrons. The highest BCUT2D eigenvalue weighted by molar-refractivity contribution is 9.10. The van der Waals surface area contributed by atoms with Crippen molar-refractivity contribution in [2.75, 3.05) is 37.6 Å². The van der Waals surface area contributed by atoms with Crippen molar-refractivity contribution in [1.29, 1.82) is 0 Å². The number of hydrogen-bond acceptors (Lipinski definition) is 5. The molecule has 1 aromatic heterocycles. The number of anilines is 1. The number of hydrogen-bond donors (Lipinski definition) is 1. The quantitative estimate of drug-likeness (QED) is 0.722. The molecule has 1 N–H and O–H groups in total. The number of benzene rings is 1. The number of carbonyl (C=O) groups is 1. The first-order chi connectivity index (χ1) is 13.0. The number of sulfonamides is 1. The van der Waals surface area contributed by atoms with E-state index < -0.39 is 10.0 Å². The van der Waals surface area contributed by atoms with Gasteiger partial charge in [-0.1, -0.05) is 22.0 Å². The summed E-state index contributed by atoms with van der Waals surface area (Å²) in [7, 11) is -3.62. The first-order valence-corrected chi connectivity index (χ1v) is 10.9. The van der Waals surface area contributed by atoms with Gasteiger partial charge in [0.05, 0.1) is 4.90 Å². The van der Waals surface area contributed by atoms with Gasteiger partial charge in [0.15, 0.2) is 0 Å². The Kier molecular flexibility index (Phi) is 6.46. The molecular weight excluding hydrogens is 432 g/mol. The van der Waals surface area contributed by atoms with E-state index in [1.807, 2.05) is 12.1 Å². The standard InChI is InChI=1S/C18H21BrN4O3S/c19-15-2-1-3-17(14-15)27(25,26)21-9-6-18(24)23-12-10-22(11-13-23)16-4-7-20-8-5-16/h1-5,7-8,14,21H,6,9-13H2. The van der Waals surface area contributed by atoms with Crippen molar-refractivity contribution in [2.24, 2.45) is 0 Å². The van der Waals surface area contributed by atoms with Gasteiger partial charge in [0, 0.05) is 61.7 Å². The lowest BCUT2D eigenvalue weighted by Crippen LogP contribution is -2.49. The van der Waals surface area contributed by atoms with E-state index in [0.29, 0.717) is 17.6 Å². The molecule has 0 spiro atoms. The molecule has 0 bridgehead atoms. The third-order valence-corrected chi connectivity index (χ3v) is 6.35. The van der Waals surface area contributed by atoms with Crippen LogP contribution in [0.1, 0.15) is 6.42 Å². The van der Waals surface area contributed by atoms with E-state index in [1.54, 1.807) is 29.4 Å². The maximum atomic E-state index is 12.4. The molecule has 0 atom stereocenters. The zero-order chi connectivity index (χ0) is 19.3. The molecule has 0 aliphatic carbocycles. The van der Waals surface area contributed by atoms with E-state index in [1.165, 1.54) is 12.1 Å². The van der Waals surface area contributed by atoms with E-state index >= 15 is 0 Å². The molecule has 0 unspecified atom stereocenters. The van der Waals surface area contributed by atoms with Gasteiger partial charge < -0.3 is 9.80 Å². The summed E-state index contributed by atoms with van der Waals surface area (Å²) < 4.78 is 27.7. The molecule has 1 saturated heterocycles. The van der Waals surface area contributed by atoms with Crippen LogP contribution in [0.15, 0.2) is 58.2 Å². The molecule has 1 aliphatic heterocycles. The highest BCUT2D eigenvalue weighted by Gasteiger charge is 2.22. The predicted octanol–water partition coefficient (Wildman–Crippen LogP) is 1.86. The summed E-state index contributed by atoms with van der Waals surface area (Å²) in [6, 6.07) is 10.4. The first kappa shape index (κ1) is 19.8. The molecule has 3 rings (SSSR count). The zero-order valence-corrected chi connectivity index (χ0v) is 17.1. The minimum absolute atomic E-state index is 0.0404. The van der Waals surface area contributed by atoms with Gasteiger partial charge in [0.25, 0.3) is 0 Å². The Morgan fingerprint density at radius 3 is 2.48 bits per heavy atom. The summed E-state index contributed by atoms with van der Waals surface area (Å²) in [5.74, 6) is -0.0404. The normalized spacial score (nSPS) is 15.0. The van der Waals surface area contributed by atoms with Crippen molar-refractivity contribution in [3.63, 3.8) is 0 Å². The van der Waals surface area contributed by atoms with Crippen molar-refractivity contribution < 1.29 is 13.2 Å². The summed E-state index contributed by atoms with van der Waals surface area (Å²) in [6.07, 6.45) is 3.65. The maximum absolute atomic E-state index is 12.4. The number of pyridine rings is 1. The number of aromatic nitrogens is 1. The van der Waals surface area contributed by atoms with Crippen LogP contribution in [0.3, 0.4) is 0 Å². The van der Waals surface area contributed by atoms with Crippen LogP contribution >= 0.6 is 15.9 Å². The van der Waals surface area contributed by atoms with Crippen LogP contribution in [0.5, 0.6) is 0 Å². The van der Waals surface area contributed by atoms with Crippen molar-refractivity contribution in [1.82, 2.24) is 14.6 Å². The lowest BCUT2D eigenvalue weighted by Gasteiger charge is -2.36. The van der Waals surface area contributed by atoms with E-state index in [9.17, 15) is 13.2 Å². The lowest BCUT2D eigenvalue weighted by molar-refractivity contribution is -0.131. The number of halogens is 1. The molecule has 7 nitrogen and oxygen atoms in total. The molecule has 1 fully saturated rings.